The fourth-order valence-corrected chi connectivity index (χ4v) is 6.62. The van der Waals surface area contributed by atoms with Gasteiger partial charge in [0.2, 0.25) is 10.0 Å². The van der Waals surface area contributed by atoms with E-state index in [2.05, 4.69) is 28.6 Å². The number of amides is 1. The first-order valence-corrected chi connectivity index (χ1v) is 13.8. The van der Waals surface area contributed by atoms with Gasteiger partial charge in [0.1, 0.15) is 0 Å². The Labute approximate surface area is 200 Å². The van der Waals surface area contributed by atoms with Gasteiger partial charge in [-0.05, 0) is 61.5 Å². The predicted molar refractivity (Wildman–Crippen MR) is 131 cm³/mol. The van der Waals surface area contributed by atoms with Crippen LogP contribution in [0.3, 0.4) is 0 Å². The van der Waals surface area contributed by atoms with Crippen LogP contribution in [0.5, 0.6) is 0 Å². The molecule has 0 bridgehead atoms. The van der Waals surface area contributed by atoms with Gasteiger partial charge in [0.15, 0.2) is 0 Å². The van der Waals surface area contributed by atoms with Crippen LogP contribution in [-0.4, -0.2) is 56.3 Å². The van der Waals surface area contributed by atoms with E-state index in [0.29, 0.717) is 19.6 Å². The molecule has 9 heteroatoms. The van der Waals surface area contributed by atoms with Gasteiger partial charge in [0.25, 0.3) is 5.91 Å². The molecule has 0 aliphatic carbocycles. The number of benzene rings is 1. The Bertz CT molecular complexity index is 999. The van der Waals surface area contributed by atoms with Gasteiger partial charge in [-0.25, -0.2) is 8.42 Å². The van der Waals surface area contributed by atoms with E-state index in [9.17, 15) is 13.2 Å². The van der Waals surface area contributed by atoms with Gasteiger partial charge in [-0.1, -0.05) is 38.4 Å². The second-order valence-electron chi connectivity index (χ2n) is 8.19. The third kappa shape index (κ3) is 5.72. The van der Waals surface area contributed by atoms with E-state index in [1.165, 1.54) is 27.4 Å². The number of carbonyl (C=O) groups excluding carboxylic acids is 1. The summed E-state index contributed by atoms with van der Waals surface area (Å²) in [6, 6.07) is 8.54. The number of thiophene rings is 1. The molecule has 0 saturated carbocycles. The minimum Gasteiger partial charge on any atom is -0.350 e. The highest BCUT2D eigenvalue weighted by Gasteiger charge is 2.27. The topological polar surface area (TPSA) is 69.7 Å². The maximum Gasteiger partial charge on any atom is 0.252 e. The fourth-order valence-electron chi connectivity index (χ4n) is 4.07. The Kier molecular flexibility index (Phi) is 8.75. The Balaban J connectivity index is 1.78. The Morgan fingerprint density at radius 3 is 2.53 bits per heavy atom. The number of hydrogen-bond acceptors (Lipinski definition) is 5. The molecule has 1 fully saturated rings. The zero-order chi connectivity index (χ0) is 23.3. The summed E-state index contributed by atoms with van der Waals surface area (Å²) in [7, 11) is -3.67. The SMILES string of the molecule is CCN(CC)S(=O)(=O)c1ccc(Cl)c(C(=O)NCC(c2cccs2)N2CCC(C)CC2)c1. The predicted octanol–water partition coefficient (Wildman–Crippen LogP) is 4.64. The van der Waals surface area contributed by atoms with Crippen molar-refractivity contribution in [1.82, 2.24) is 14.5 Å². The zero-order valence-corrected chi connectivity index (χ0v) is 21.3. The first-order valence-electron chi connectivity index (χ1n) is 11.1. The highest BCUT2D eigenvalue weighted by Crippen LogP contribution is 2.29. The number of hydrogen-bond donors (Lipinski definition) is 1. The molecule has 176 valence electrons. The second-order valence-corrected chi connectivity index (χ2v) is 11.5. The van der Waals surface area contributed by atoms with Crippen molar-refractivity contribution in [3.05, 3.63) is 51.2 Å². The van der Waals surface area contributed by atoms with Gasteiger partial charge in [-0.15, -0.1) is 11.3 Å². The monoisotopic (exact) mass is 497 g/mol. The quantitative estimate of drug-likeness (QED) is 0.548. The molecule has 1 aromatic carbocycles. The summed E-state index contributed by atoms with van der Waals surface area (Å²) in [6.07, 6.45) is 2.29. The van der Waals surface area contributed by atoms with E-state index < -0.39 is 10.0 Å². The molecular formula is C23H32ClN3O3S2. The van der Waals surface area contributed by atoms with Crippen LogP contribution in [0.4, 0.5) is 0 Å². The second kappa shape index (κ2) is 11.1. The van der Waals surface area contributed by atoms with Crippen LogP contribution in [0, 0.1) is 5.92 Å². The van der Waals surface area contributed by atoms with Gasteiger partial charge in [-0.2, -0.15) is 4.31 Å². The van der Waals surface area contributed by atoms with E-state index in [1.807, 2.05) is 6.07 Å². The minimum atomic E-state index is -3.67. The number of nitrogens with zero attached hydrogens (tertiary/aromatic N) is 2. The summed E-state index contributed by atoms with van der Waals surface area (Å²) >= 11 is 7.98. The van der Waals surface area contributed by atoms with E-state index >= 15 is 0 Å². The van der Waals surface area contributed by atoms with E-state index in [0.717, 1.165) is 31.8 Å². The summed E-state index contributed by atoms with van der Waals surface area (Å²) in [5, 5.41) is 5.29. The van der Waals surface area contributed by atoms with E-state index in [4.69, 9.17) is 11.6 Å². The molecule has 1 aromatic heterocycles. The molecule has 6 nitrogen and oxygen atoms in total. The van der Waals surface area contributed by atoms with Gasteiger partial charge in [-0.3, -0.25) is 9.69 Å². The van der Waals surface area contributed by atoms with Crippen LogP contribution in [0.15, 0.2) is 40.6 Å². The van der Waals surface area contributed by atoms with Crippen molar-refractivity contribution in [3.63, 3.8) is 0 Å². The normalized spacial score (nSPS) is 16.9. The lowest BCUT2D eigenvalue weighted by molar-refractivity contribution is 0.0915. The summed E-state index contributed by atoms with van der Waals surface area (Å²) in [4.78, 5) is 16.8. The molecule has 0 radical (unpaired) electrons. The highest BCUT2D eigenvalue weighted by molar-refractivity contribution is 7.89. The lowest BCUT2D eigenvalue weighted by Crippen LogP contribution is -2.41. The van der Waals surface area contributed by atoms with Gasteiger partial charge >= 0.3 is 0 Å². The van der Waals surface area contributed by atoms with Gasteiger partial charge < -0.3 is 5.32 Å². The molecule has 1 atom stereocenters. The number of sulfonamides is 1. The molecule has 1 amide bonds. The maximum atomic E-state index is 13.0. The molecule has 2 aromatic rings. The molecule has 1 unspecified atom stereocenters. The van der Waals surface area contributed by atoms with Crippen LogP contribution in [0.1, 0.15) is 54.9 Å². The molecular weight excluding hydrogens is 466 g/mol. The average molecular weight is 498 g/mol. The van der Waals surface area contributed by atoms with Crippen LogP contribution in [0.2, 0.25) is 5.02 Å². The molecule has 1 aliphatic heterocycles. The van der Waals surface area contributed by atoms with Crippen molar-refractivity contribution in [3.8, 4) is 0 Å². The highest BCUT2D eigenvalue weighted by atomic mass is 35.5. The molecule has 1 aliphatic rings. The van der Waals surface area contributed by atoms with Crippen LogP contribution in [-0.2, 0) is 10.0 Å². The first-order chi connectivity index (χ1) is 15.3. The molecule has 0 spiro atoms. The van der Waals surface area contributed by atoms with Crippen molar-refractivity contribution in [2.24, 2.45) is 5.92 Å². The average Bonchev–Trinajstić information content (AvgIpc) is 3.30. The minimum absolute atomic E-state index is 0.0792. The summed E-state index contributed by atoms with van der Waals surface area (Å²) in [5.74, 6) is 0.359. The standard InChI is InChI=1S/C23H32ClN3O3S2/c1-4-27(5-2)32(29,30)18-8-9-20(24)19(15-18)23(28)25-16-21(22-7-6-14-31-22)26-12-10-17(3)11-13-26/h6-9,14-15,17,21H,4-5,10-13,16H2,1-3H3,(H,25,28). The molecule has 1 N–H and O–H groups in total. The van der Waals surface area contributed by atoms with Crippen molar-refractivity contribution in [2.45, 2.75) is 44.6 Å². The number of likely N-dealkylation sites (tertiary alicyclic amines) is 1. The number of carbonyl (C=O) groups is 1. The largest absolute Gasteiger partial charge is 0.350 e. The number of halogens is 1. The van der Waals surface area contributed by atoms with Crippen molar-refractivity contribution in [1.29, 1.82) is 0 Å². The van der Waals surface area contributed by atoms with Crippen molar-refractivity contribution in [2.75, 3.05) is 32.7 Å². The molecule has 1 saturated heterocycles. The summed E-state index contributed by atoms with van der Waals surface area (Å²) < 4.78 is 27.1. The van der Waals surface area contributed by atoms with Crippen LogP contribution >= 0.6 is 22.9 Å². The first kappa shape index (κ1) is 25.2. The Morgan fingerprint density at radius 1 is 1.25 bits per heavy atom. The summed E-state index contributed by atoms with van der Waals surface area (Å²) in [5.41, 5.74) is 0.178. The summed E-state index contributed by atoms with van der Waals surface area (Å²) in [6.45, 7) is 9.01. The van der Waals surface area contributed by atoms with E-state index in [-0.39, 0.29) is 27.4 Å². The fraction of sp³-hybridized carbons (Fsp3) is 0.522. The lowest BCUT2D eigenvalue weighted by atomic mass is 9.97. The zero-order valence-electron chi connectivity index (χ0n) is 18.9. The maximum absolute atomic E-state index is 13.0. The van der Waals surface area contributed by atoms with Crippen molar-refractivity contribution < 1.29 is 13.2 Å². The Morgan fingerprint density at radius 2 is 1.94 bits per heavy atom. The van der Waals surface area contributed by atoms with Crippen LogP contribution in [0.25, 0.3) is 0 Å². The van der Waals surface area contributed by atoms with Gasteiger partial charge in [0, 0.05) is 24.5 Å². The number of rotatable bonds is 9. The lowest BCUT2D eigenvalue weighted by Gasteiger charge is -2.36. The molecule has 2 heterocycles. The third-order valence-corrected chi connectivity index (χ3v) is 9.46. The third-order valence-electron chi connectivity index (χ3n) is 6.11. The Hall–Kier alpha value is -1.45. The van der Waals surface area contributed by atoms with E-state index in [1.54, 1.807) is 25.2 Å². The molecule has 32 heavy (non-hydrogen) atoms. The smallest absolute Gasteiger partial charge is 0.252 e. The van der Waals surface area contributed by atoms with Crippen molar-refractivity contribution >= 4 is 38.9 Å². The molecule has 3 rings (SSSR count). The number of nitrogens with one attached hydrogen (secondary N) is 1. The number of piperidine rings is 1. The van der Waals surface area contributed by atoms with Crippen LogP contribution < -0.4 is 5.32 Å². The van der Waals surface area contributed by atoms with Gasteiger partial charge in [0.05, 0.1) is 21.5 Å².